The molecule has 5 heteroatoms. The van der Waals surface area contributed by atoms with Crippen molar-refractivity contribution in [2.75, 3.05) is 19.7 Å². The van der Waals surface area contributed by atoms with Crippen LogP contribution in [0, 0.1) is 0 Å². The van der Waals surface area contributed by atoms with Crippen LogP contribution in [0.2, 0.25) is 0 Å². The van der Waals surface area contributed by atoms with Crippen molar-refractivity contribution in [2.45, 2.75) is 45.3 Å². The van der Waals surface area contributed by atoms with Crippen LogP contribution in [0.5, 0.6) is 0 Å². The number of rotatable bonds is 5. The maximum absolute atomic E-state index is 11.5. The Labute approximate surface area is 97.3 Å². The monoisotopic (exact) mass is 229 g/mol. The van der Waals surface area contributed by atoms with Crippen molar-refractivity contribution in [3.05, 3.63) is 0 Å². The van der Waals surface area contributed by atoms with E-state index in [0.29, 0.717) is 6.10 Å². The molecule has 94 valence electrons. The number of nitrogens with one attached hydrogen (secondary N) is 1. The first kappa shape index (κ1) is 13.4. The van der Waals surface area contributed by atoms with Gasteiger partial charge in [0.1, 0.15) is 0 Å². The van der Waals surface area contributed by atoms with E-state index in [4.69, 9.17) is 10.6 Å². The lowest BCUT2D eigenvalue weighted by atomic mass is 10.0. The van der Waals surface area contributed by atoms with Crippen LogP contribution in [0.15, 0.2) is 0 Å². The van der Waals surface area contributed by atoms with Crippen molar-refractivity contribution < 1.29 is 9.53 Å². The van der Waals surface area contributed by atoms with Gasteiger partial charge in [-0.2, -0.15) is 0 Å². The largest absolute Gasteiger partial charge is 0.378 e. The van der Waals surface area contributed by atoms with E-state index in [1.54, 1.807) is 0 Å². The molecule has 1 fully saturated rings. The SMILES string of the molecule is CCOC1CCN(C(CC)C(=O)NN)CC1. The minimum Gasteiger partial charge on any atom is -0.378 e. The van der Waals surface area contributed by atoms with E-state index in [-0.39, 0.29) is 11.9 Å². The van der Waals surface area contributed by atoms with Crippen LogP contribution in [0.1, 0.15) is 33.1 Å². The lowest BCUT2D eigenvalue weighted by Gasteiger charge is -2.35. The Kier molecular flexibility index (Phi) is 5.73. The third kappa shape index (κ3) is 3.43. The molecule has 0 aromatic carbocycles. The molecule has 1 heterocycles. The van der Waals surface area contributed by atoms with Crippen molar-refractivity contribution >= 4 is 5.91 Å². The molecule has 1 saturated heterocycles. The van der Waals surface area contributed by atoms with Gasteiger partial charge in [0.05, 0.1) is 12.1 Å². The Morgan fingerprint density at radius 3 is 2.56 bits per heavy atom. The van der Waals surface area contributed by atoms with Crippen LogP contribution < -0.4 is 11.3 Å². The number of hydrogen-bond donors (Lipinski definition) is 2. The number of hydrazine groups is 1. The fourth-order valence-electron chi connectivity index (χ4n) is 2.30. The standard InChI is InChI=1S/C11H23N3O2/c1-3-10(11(15)13-12)14-7-5-9(6-8-14)16-4-2/h9-10H,3-8,12H2,1-2H3,(H,13,15). The van der Waals surface area contributed by atoms with E-state index < -0.39 is 0 Å². The molecule has 0 aromatic heterocycles. The number of piperidine rings is 1. The van der Waals surface area contributed by atoms with Crippen LogP contribution in [-0.2, 0) is 9.53 Å². The van der Waals surface area contributed by atoms with Gasteiger partial charge in [-0.05, 0) is 26.2 Å². The summed E-state index contributed by atoms with van der Waals surface area (Å²) in [5.74, 6) is 5.09. The predicted molar refractivity (Wildman–Crippen MR) is 62.6 cm³/mol. The smallest absolute Gasteiger partial charge is 0.251 e. The first-order valence-electron chi connectivity index (χ1n) is 6.09. The van der Waals surface area contributed by atoms with Crippen molar-refractivity contribution in [3.8, 4) is 0 Å². The van der Waals surface area contributed by atoms with Crippen molar-refractivity contribution in [3.63, 3.8) is 0 Å². The summed E-state index contributed by atoms with van der Waals surface area (Å²) in [6, 6.07) is -0.0902. The number of nitrogens with two attached hydrogens (primary N) is 1. The highest BCUT2D eigenvalue weighted by molar-refractivity contribution is 5.81. The summed E-state index contributed by atoms with van der Waals surface area (Å²) in [5, 5.41) is 0. The van der Waals surface area contributed by atoms with E-state index in [2.05, 4.69) is 10.3 Å². The van der Waals surface area contributed by atoms with Crippen LogP contribution in [-0.4, -0.2) is 42.6 Å². The summed E-state index contributed by atoms with van der Waals surface area (Å²) < 4.78 is 5.58. The van der Waals surface area contributed by atoms with E-state index >= 15 is 0 Å². The highest BCUT2D eigenvalue weighted by atomic mass is 16.5. The lowest BCUT2D eigenvalue weighted by Crippen LogP contribution is -2.52. The average Bonchev–Trinajstić information content (AvgIpc) is 2.32. The van der Waals surface area contributed by atoms with Crippen LogP contribution in [0.3, 0.4) is 0 Å². The summed E-state index contributed by atoms with van der Waals surface area (Å²) in [4.78, 5) is 13.7. The number of carbonyl (C=O) groups excluding carboxylic acids is 1. The second-order valence-corrected chi connectivity index (χ2v) is 4.12. The minimum atomic E-state index is -0.0902. The summed E-state index contributed by atoms with van der Waals surface area (Å²) in [6.45, 7) is 6.62. The summed E-state index contributed by atoms with van der Waals surface area (Å²) in [5.41, 5.74) is 2.24. The molecule has 1 aliphatic rings. The van der Waals surface area contributed by atoms with Gasteiger partial charge < -0.3 is 4.74 Å². The van der Waals surface area contributed by atoms with Gasteiger partial charge >= 0.3 is 0 Å². The molecule has 1 rings (SSSR count). The molecular weight excluding hydrogens is 206 g/mol. The third-order valence-corrected chi connectivity index (χ3v) is 3.15. The molecule has 0 saturated carbocycles. The minimum absolute atomic E-state index is 0.0858. The molecule has 0 radical (unpaired) electrons. The maximum Gasteiger partial charge on any atom is 0.251 e. The Bertz CT molecular complexity index is 215. The molecule has 0 bridgehead atoms. The van der Waals surface area contributed by atoms with Gasteiger partial charge in [-0.1, -0.05) is 6.92 Å². The number of amides is 1. The highest BCUT2D eigenvalue weighted by Gasteiger charge is 2.28. The molecule has 1 aliphatic heterocycles. The molecule has 0 spiro atoms. The summed E-state index contributed by atoms with van der Waals surface area (Å²) in [7, 11) is 0. The molecule has 16 heavy (non-hydrogen) atoms. The summed E-state index contributed by atoms with van der Waals surface area (Å²) in [6.07, 6.45) is 3.16. The zero-order valence-electron chi connectivity index (χ0n) is 10.2. The van der Waals surface area contributed by atoms with Crippen LogP contribution >= 0.6 is 0 Å². The van der Waals surface area contributed by atoms with E-state index in [9.17, 15) is 4.79 Å². The number of ether oxygens (including phenoxy) is 1. The molecular formula is C11H23N3O2. The molecule has 5 nitrogen and oxygen atoms in total. The van der Waals surface area contributed by atoms with E-state index in [1.807, 2.05) is 13.8 Å². The van der Waals surface area contributed by atoms with Gasteiger partial charge in [-0.25, -0.2) is 5.84 Å². The fourth-order valence-corrected chi connectivity index (χ4v) is 2.30. The molecule has 0 aromatic rings. The Morgan fingerprint density at radius 1 is 1.50 bits per heavy atom. The zero-order valence-corrected chi connectivity index (χ0v) is 10.2. The topological polar surface area (TPSA) is 67.6 Å². The van der Waals surface area contributed by atoms with Crippen LogP contribution in [0.4, 0.5) is 0 Å². The van der Waals surface area contributed by atoms with Gasteiger partial charge in [-0.3, -0.25) is 15.1 Å². The third-order valence-electron chi connectivity index (χ3n) is 3.15. The second-order valence-electron chi connectivity index (χ2n) is 4.12. The van der Waals surface area contributed by atoms with Gasteiger partial charge in [0.15, 0.2) is 0 Å². The highest BCUT2D eigenvalue weighted by Crippen LogP contribution is 2.17. The number of nitrogens with zero attached hydrogens (tertiary/aromatic N) is 1. The predicted octanol–water partition coefficient (Wildman–Crippen LogP) is 0.256. The molecule has 0 aliphatic carbocycles. The number of hydrogen-bond acceptors (Lipinski definition) is 4. The van der Waals surface area contributed by atoms with Crippen molar-refractivity contribution in [2.24, 2.45) is 5.84 Å². The average molecular weight is 229 g/mol. The molecule has 1 amide bonds. The number of likely N-dealkylation sites (tertiary alicyclic amines) is 1. The molecule has 3 N–H and O–H groups in total. The quantitative estimate of drug-likeness (QED) is 0.403. The van der Waals surface area contributed by atoms with Crippen molar-refractivity contribution in [1.29, 1.82) is 0 Å². The Morgan fingerprint density at radius 2 is 2.12 bits per heavy atom. The molecule has 1 unspecified atom stereocenters. The van der Waals surface area contributed by atoms with Gasteiger partial charge in [0.25, 0.3) is 5.91 Å². The first-order chi connectivity index (χ1) is 7.72. The Balaban J connectivity index is 2.41. The lowest BCUT2D eigenvalue weighted by molar-refractivity contribution is -0.127. The zero-order chi connectivity index (χ0) is 12.0. The maximum atomic E-state index is 11.5. The van der Waals surface area contributed by atoms with Gasteiger partial charge in [0, 0.05) is 19.7 Å². The molecule has 1 atom stereocenters. The normalized spacial score (nSPS) is 20.7. The Hall–Kier alpha value is -0.650. The second kappa shape index (κ2) is 6.83. The summed E-state index contributed by atoms with van der Waals surface area (Å²) >= 11 is 0. The van der Waals surface area contributed by atoms with E-state index in [0.717, 1.165) is 39.0 Å². The van der Waals surface area contributed by atoms with Gasteiger partial charge in [-0.15, -0.1) is 0 Å². The number of carbonyl (C=O) groups is 1. The van der Waals surface area contributed by atoms with E-state index in [1.165, 1.54) is 0 Å². The first-order valence-corrected chi connectivity index (χ1v) is 6.09. The van der Waals surface area contributed by atoms with Gasteiger partial charge in [0.2, 0.25) is 0 Å². The van der Waals surface area contributed by atoms with Crippen molar-refractivity contribution in [1.82, 2.24) is 10.3 Å². The fraction of sp³-hybridized carbons (Fsp3) is 0.909. The van der Waals surface area contributed by atoms with Crippen LogP contribution in [0.25, 0.3) is 0 Å².